The van der Waals surface area contributed by atoms with E-state index in [-0.39, 0.29) is 29.6 Å². The first kappa shape index (κ1) is 14.9. The average Bonchev–Trinajstić information content (AvgIpc) is 2.40. The van der Waals surface area contributed by atoms with E-state index in [0.717, 1.165) is 12.5 Å². The summed E-state index contributed by atoms with van der Waals surface area (Å²) < 4.78 is 13.1. The van der Waals surface area contributed by atoms with E-state index in [4.69, 9.17) is 5.73 Å². The monoisotopic (exact) mass is 267 g/mol. The Hall–Kier alpha value is -2.11. The molecule has 1 rings (SSSR count). The molecular weight excluding hydrogens is 249 g/mol. The van der Waals surface area contributed by atoms with E-state index >= 15 is 0 Å². The van der Waals surface area contributed by atoms with Gasteiger partial charge in [-0.3, -0.25) is 9.59 Å². The van der Waals surface area contributed by atoms with Crippen LogP contribution in [0.2, 0.25) is 0 Å². The lowest BCUT2D eigenvalue weighted by atomic mass is 10.1. The van der Waals surface area contributed by atoms with Crippen molar-refractivity contribution in [3.8, 4) is 0 Å². The zero-order chi connectivity index (χ0) is 14.4. The number of halogens is 1. The van der Waals surface area contributed by atoms with Crippen LogP contribution in [0, 0.1) is 5.82 Å². The van der Waals surface area contributed by atoms with Crippen LogP contribution >= 0.6 is 0 Å². The maximum absolute atomic E-state index is 13.1. The van der Waals surface area contributed by atoms with E-state index in [1.807, 2.05) is 6.92 Å². The van der Waals surface area contributed by atoms with Gasteiger partial charge < -0.3 is 16.0 Å². The molecule has 0 unspecified atom stereocenters. The summed E-state index contributed by atoms with van der Waals surface area (Å²) >= 11 is 0. The van der Waals surface area contributed by atoms with Crippen LogP contribution in [0.5, 0.6) is 0 Å². The fourth-order valence-electron chi connectivity index (χ4n) is 1.63. The Morgan fingerprint density at radius 2 is 2.11 bits per heavy atom. The summed E-state index contributed by atoms with van der Waals surface area (Å²) in [4.78, 5) is 25.0. The summed E-state index contributed by atoms with van der Waals surface area (Å²) in [5.74, 6) is -1.15. The predicted molar refractivity (Wildman–Crippen MR) is 71.1 cm³/mol. The first-order valence-corrected chi connectivity index (χ1v) is 6.04. The largest absolute Gasteiger partial charge is 0.396 e. The first-order chi connectivity index (χ1) is 8.99. The molecule has 0 spiro atoms. The predicted octanol–water partition coefficient (Wildman–Crippen LogP) is 1.01. The Kier molecular flexibility index (Phi) is 5.29. The van der Waals surface area contributed by atoms with Crippen LogP contribution in [0.15, 0.2) is 18.2 Å². The SMILES string of the molecule is CCCN(CC(=O)NC)C(=O)c1ccc(F)c(N)c1. The molecule has 0 aromatic heterocycles. The van der Waals surface area contributed by atoms with Gasteiger partial charge in [-0.1, -0.05) is 6.92 Å². The zero-order valence-corrected chi connectivity index (χ0v) is 11.1. The number of anilines is 1. The molecule has 0 atom stereocenters. The molecule has 0 saturated carbocycles. The molecule has 19 heavy (non-hydrogen) atoms. The number of nitrogens with one attached hydrogen (secondary N) is 1. The van der Waals surface area contributed by atoms with Gasteiger partial charge in [0.2, 0.25) is 5.91 Å². The Balaban J connectivity index is 2.91. The van der Waals surface area contributed by atoms with Gasteiger partial charge in [0.15, 0.2) is 0 Å². The van der Waals surface area contributed by atoms with Crippen LogP contribution in [0.4, 0.5) is 10.1 Å². The highest BCUT2D eigenvalue weighted by Crippen LogP contribution is 2.14. The van der Waals surface area contributed by atoms with Crippen LogP contribution in [-0.2, 0) is 4.79 Å². The van der Waals surface area contributed by atoms with Crippen LogP contribution in [0.3, 0.4) is 0 Å². The second kappa shape index (κ2) is 6.72. The number of carbonyl (C=O) groups is 2. The standard InChI is InChI=1S/C13H18FN3O2/c1-3-6-17(8-12(18)16-2)13(19)9-4-5-10(14)11(15)7-9/h4-5,7H,3,6,8,15H2,1-2H3,(H,16,18). The summed E-state index contributed by atoms with van der Waals surface area (Å²) in [6, 6.07) is 3.79. The number of hydrogen-bond acceptors (Lipinski definition) is 3. The molecule has 0 aliphatic rings. The third-order valence-corrected chi connectivity index (χ3v) is 2.64. The minimum absolute atomic E-state index is 0.0273. The Labute approximate surface area is 111 Å². The molecule has 1 aromatic carbocycles. The lowest BCUT2D eigenvalue weighted by Gasteiger charge is -2.21. The van der Waals surface area contributed by atoms with Gasteiger partial charge in [-0.05, 0) is 24.6 Å². The maximum Gasteiger partial charge on any atom is 0.254 e. The quantitative estimate of drug-likeness (QED) is 0.782. The van der Waals surface area contributed by atoms with Crippen molar-refractivity contribution < 1.29 is 14.0 Å². The van der Waals surface area contributed by atoms with E-state index in [0.29, 0.717) is 6.54 Å². The number of benzene rings is 1. The van der Waals surface area contributed by atoms with E-state index < -0.39 is 5.82 Å². The molecule has 0 heterocycles. The number of rotatable bonds is 5. The van der Waals surface area contributed by atoms with Crippen molar-refractivity contribution in [1.29, 1.82) is 0 Å². The van der Waals surface area contributed by atoms with Crippen molar-refractivity contribution in [3.63, 3.8) is 0 Å². The molecule has 2 amide bonds. The molecule has 0 aliphatic carbocycles. The van der Waals surface area contributed by atoms with Gasteiger partial charge in [-0.25, -0.2) is 4.39 Å². The summed E-state index contributed by atoms with van der Waals surface area (Å²) in [5, 5.41) is 2.46. The van der Waals surface area contributed by atoms with Crippen molar-refractivity contribution >= 4 is 17.5 Å². The molecule has 5 nitrogen and oxygen atoms in total. The van der Waals surface area contributed by atoms with Crippen LogP contribution < -0.4 is 11.1 Å². The highest BCUT2D eigenvalue weighted by molar-refractivity contribution is 5.97. The fourth-order valence-corrected chi connectivity index (χ4v) is 1.63. The summed E-state index contributed by atoms with van der Waals surface area (Å²) in [7, 11) is 1.51. The van der Waals surface area contributed by atoms with E-state index in [1.54, 1.807) is 0 Å². The number of nitrogens with two attached hydrogens (primary N) is 1. The molecule has 0 radical (unpaired) electrons. The molecule has 0 fully saturated rings. The van der Waals surface area contributed by atoms with Crippen LogP contribution in [0.1, 0.15) is 23.7 Å². The van der Waals surface area contributed by atoms with Gasteiger partial charge in [0.1, 0.15) is 5.82 Å². The average molecular weight is 267 g/mol. The minimum atomic E-state index is -0.565. The third kappa shape index (κ3) is 3.94. The molecule has 0 saturated heterocycles. The molecule has 0 bridgehead atoms. The highest BCUT2D eigenvalue weighted by Gasteiger charge is 2.18. The normalized spacial score (nSPS) is 10.1. The second-order valence-electron chi connectivity index (χ2n) is 4.14. The number of amides is 2. The van der Waals surface area contributed by atoms with E-state index in [2.05, 4.69) is 5.32 Å². The number of likely N-dealkylation sites (N-methyl/N-ethyl adjacent to an activating group) is 1. The topological polar surface area (TPSA) is 75.4 Å². The summed E-state index contributed by atoms with van der Waals surface area (Å²) in [5.41, 5.74) is 5.63. The van der Waals surface area contributed by atoms with Gasteiger partial charge >= 0.3 is 0 Å². The number of nitrogens with zero attached hydrogens (tertiary/aromatic N) is 1. The second-order valence-corrected chi connectivity index (χ2v) is 4.14. The third-order valence-electron chi connectivity index (χ3n) is 2.64. The number of hydrogen-bond donors (Lipinski definition) is 2. The van der Waals surface area contributed by atoms with Crippen molar-refractivity contribution in [2.45, 2.75) is 13.3 Å². The van der Waals surface area contributed by atoms with Crippen molar-refractivity contribution in [2.24, 2.45) is 0 Å². The fraction of sp³-hybridized carbons (Fsp3) is 0.385. The zero-order valence-electron chi connectivity index (χ0n) is 11.1. The van der Waals surface area contributed by atoms with Gasteiger partial charge in [-0.15, -0.1) is 0 Å². The summed E-state index contributed by atoms with van der Waals surface area (Å²) in [6.45, 7) is 2.33. The van der Waals surface area contributed by atoms with Crippen molar-refractivity contribution in [3.05, 3.63) is 29.6 Å². The van der Waals surface area contributed by atoms with Crippen molar-refractivity contribution in [1.82, 2.24) is 10.2 Å². The molecule has 3 N–H and O–H groups in total. The van der Waals surface area contributed by atoms with Crippen LogP contribution in [0.25, 0.3) is 0 Å². The maximum atomic E-state index is 13.1. The summed E-state index contributed by atoms with van der Waals surface area (Å²) in [6.07, 6.45) is 0.722. The van der Waals surface area contributed by atoms with Crippen molar-refractivity contribution in [2.75, 3.05) is 25.9 Å². The van der Waals surface area contributed by atoms with Gasteiger partial charge in [-0.2, -0.15) is 0 Å². The number of nitrogen functional groups attached to an aromatic ring is 1. The molecule has 1 aromatic rings. The molecular formula is C13H18FN3O2. The highest BCUT2D eigenvalue weighted by atomic mass is 19.1. The van der Waals surface area contributed by atoms with Crippen LogP contribution in [-0.4, -0.2) is 36.9 Å². The smallest absolute Gasteiger partial charge is 0.254 e. The van der Waals surface area contributed by atoms with E-state index in [1.165, 1.54) is 24.1 Å². The Morgan fingerprint density at radius 1 is 1.42 bits per heavy atom. The molecule has 6 heteroatoms. The first-order valence-electron chi connectivity index (χ1n) is 6.04. The van der Waals surface area contributed by atoms with Gasteiger partial charge in [0.25, 0.3) is 5.91 Å². The lowest BCUT2D eigenvalue weighted by Crippen LogP contribution is -2.40. The lowest BCUT2D eigenvalue weighted by molar-refractivity contribution is -0.121. The molecule has 104 valence electrons. The Morgan fingerprint density at radius 3 is 2.63 bits per heavy atom. The molecule has 0 aliphatic heterocycles. The minimum Gasteiger partial charge on any atom is -0.396 e. The Bertz CT molecular complexity index is 477. The van der Waals surface area contributed by atoms with Gasteiger partial charge in [0, 0.05) is 19.2 Å². The van der Waals surface area contributed by atoms with E-state index in [9.17, 15) is 14.0 Å². The number of carbonyl (C=O) groups excluding carboxylic acids is 2. The van der Waals surface area contributed by atoms with Gasteiger partial charge in [0.05, 0.1) is 12.2 Å².